The highest BCUT2D eigenvalue weighted by Crippen LogP contribution is 2.43. The van der Waals surface area contributed by atoms with Crippen LogP contribution >= 0.6 is 0 Å². The predicted molar refractivity (Wildman–Crippen MR) is 127 cm³/mol. The van der Waals surface area contributed by atoms with Gasteiger partial charge in [0.05, 0.1) is 27.3 Å². The van der Waals surface area contributed by atoms with E-state index in [9.17, 15) is 0 Å². The van der Waals surface area contributed by atoms with E-state index in [4.69, 9.17) is 9.47 Å². The average molecular weight is 448 g/mol. The largest absolute Gasteiger partial charge is 1.00 e. The monoisotopic (exact) mass is 447 g/mol. The Kier molecular flexibility index (Phi) is 11.6. The fraction of sp³-hybridized carbons (Fsp3) is 0.556. The van der Waals surface area contributed by atoms with Crippen molar-refractivity contribution in [1.29, 1.82) is 0 Å². The third-order valence-corrected chi connectivity index (χ3v) is 6.00. The summed E-state index contributed by atoms with van der Waals surface area (Å²) in [6.07, 6.45) is 2.33. The molecular weight excluding hydrogens is 406 g/mol. The molecule has 4 heteroatoms. The smallest absolute Gasteiger partial charge is 0.125 e. The highest BCUT2D eigenvalue weighted by atomic mass is 35.5. The lowest BCUT2D eigenvalue weighted by Gasteiger charge is -2.51. The van der Waals surface area contributed by atoms with E-state index in [0.717, 1.165) is 23.4 Å². The number of ether oxygens (including phenoxy) is 2. The minimum Gasteiger partial charge on any atom is -1.00 e. The normalized spacial score (nSPS) is 12.1. The van der Waals surface area contributed by atoms with Gasteiger partial charge in [-0.05, 0) is 24.0 Å². The minimum absolute atomic E-state index is 0. The van der Waals surface area contributed by atoms with Crippen LogP contribution in [0.25, 0.3) is 0 Å². The van der Waals surface area contributed by atoms with Crippen LogP contribution in [0.4, 0.5) is 0 Å². The van der Waals surface area contributed by atoms with Gasteiger partial charge in [-0.3, -0.25) is 0 Å². The van der Waals surface area contributed by atoms with Crippen LogP contribution < -0.4 is 17.1 Å². The first-order valence-electron chi connectivity index (χ1n) is 11.4. The summed E-state index contributed by atoms with van der Waals surface area (Å²) < 4.78 is 12.7. The molecular formula is C27H42ClNO2. The average Bonchev–Trinajstić information content (AvgIpc) is 2.70. The lowest BCUT2D eigenvalue weighted by molar-refractivity contribution is -0.952. The number of benzene rings is 2. The first kappa shape index (κ1) is 27.5. The van der Waals surface area contributed by atoms with Gasteiger partial charge < -0.3 is 26.4 Å². The molecule has 0 saturated carbocycles. The molecule has 0 aliphatic carbocycles. The second-order valence-electron chi connectivity index (χ2n) is 9.78. The SMILES string of the molecule is CC(C)CC(CC(C)C)(c1ccccc1)[N+](C)(C)CCOCCOc1ccccc1.[Cl-]. The summed E-state index contributed by atoms with van der Waals surface area (Å²) in [4.78, 5) is 0. The molecule has 0 heterocycles. The van der Waals surface area contributed by atoms with Gasteiger partial charge in [0.1, 0.15) is 24.4 Å². The molecule has 0 bridgehead atoms. The van der Waals surface area contributed by atoms with E-state index in [2.05, 4.69) is 72.1 Å². The molecule has 2 aromatic carbocycles. The van der Waals surface area contributed by atoms with Crippen molar-refractivity contribution in [1.82, 2.24) is 0 Å². The van der Waals surface area contributed by atoms with Crippen LogP contribution in [-0.2, 0) is 10.3 Å². The Labute approximate surface area is 196 Å². The molecule has 2 aromatic rings. The minimum atomic E-state index is 0. The molecule has 0 N–H and O–H groups in total. The number of nitrogens with zero attached hydrogens (tertiary/aromatic N) is 1. The van der Waals surface area contributed by atoms with Gasteiger partial charge in [0, 0.05) is 18.4 Å². The van der Waals surface area contributed by atoms with E-state index >= 15 is 0 Å². The number of hydrogen-bond acceptors (Lipinski definition) is 2. The number of hydrogen-bond donors (Lipinski definition) is 0. The van der Waals surface area contributed by atoms with Gasteiger partial charge in [0.15, 0.2) is 0 Å². The molecule has 0 aliphatic heterocycles. The molecule has 0 amide bonds. The van der Waals surface area contributed by atoms with Gasteiger partial charge in [-0.25, -0.2) is 0 Å². The highest BCUT2D eigenvalue weighted by molar-refractivity contribution is 5.23. The molecule has 31 heavy (non-hydrogen) atoms. The molecule has 2 rings (SSSR count). The van der Waals surface area contributed by atoms with Crippen molar-refractivity contribution in [2.75, 3.05) is 40.5 Å². The molecule has 174 valence electrons. The molecule has 0 aromatic heterocycles. The summed E-state index contributed by atoms with van der Waals surface area (Å²) in [7, 11) is 4.75. The van der Waals surface area contributed by atoms with E-state index < -0.39 is 0 Å². The summed E-state index contributed by atoms with van der Waals surface area (Å²) in [6.45, 7) is 12.3. The number of quaternary nitrogens is 1. The van der Waals surface area contributed by atoms with Crippen molar-refractivity contribution in [3.05, 3.63) is 66.2 Å². The van der Waals surface area contributed by atoms with Gasteiger partial charge in [0.25, 0.3) is 0 Å². The standard InChI is InChI=1S/C27H42NO2.ClH/c1-23(2)21-27(22-24(3)4,25-13-9-7-10-14-25)28(5,6)17-18-29-19-20-30-26-15-11-8-12-16-26;/h7-16,23-24H,17-22H2,1-6H3;1H/q+1;/p-1. The zero-order valence-corrected chi connectivity index (χ0v) is 21.1. The molecule has 0 atom stereocenters. The molecule has 0 fully saturated rings. The maximum absolute atomic E-state index is 5.99. The van der Waals surface area contributed by atoms with Crippen molar-refractivity contribution in [3.8, 4) is 5.75 Å². The van der Waals surface area contributed by atoms with Gasteiger partial charge in [-0.2, -0.15) is 0 Å². The second kappa shape index (κ2) is 13.1. The van der Waals surface area contributed by atoms with Crippen molar-refractivity contribution in [3.63, 3.8) is 0 Å². The molecule has 0 saturated heterocycles. The Balaban J connectivity index is 0.00000480. The maximum Gasteiger partial charge on any atom is 0.125 e. The Morgan fingerprint density at radius 3 is 1.77 bits per heavy atom. The zero-order chi connectivity index (χ0) is 22.0. The summed E-state index contributed by atoms with van der Waals surface area (Å²) in [6, 6.07) is 21.1. The summed E-state index contributed by atoms with van der Waals surface area (Å²) >= 11 is 0. The van der Waals surface area contributed by atoms with Crippen LogP contribution in [0.15, 0.2) is 60.7 Å². The van der Waals surface area contributed by atoms with Crippen LogP contribution in [0.5, 0.6) is 5.75 Å². The maximum atomic E-state index is 5.99. The Morgan fingerprint density at radius 2 is 1.26 bits per heavy atom. The van der Waals surface area contributed by atoms with E-state index in [-0.39, 0.29) is 17.9 Å². The van der Waals surface area contributed by atoms with Crippen molar-refractivity contribution in [2.24, 2.45) is 11.8 Å². The quantitative estimate of drug-likeness (QED) is 0.347. The summed E-state index contributed by atoms with van der Waals surface area (Å²) in [5.74, 6) is 2.15. The van der Waals surface area contributed by atoms with E-state index in [1.807, 2.05) is 30.3 Å². The van der Waals surface area contributed by atoms with E-state index in [1.54, 1.807) is 0 Å². The second-order valence-corrected chi connectivity index (χ2v) is 9.78. The number of likely N-dealkylation sites (N-methyl/N-ethyl adjacent to an activating group) is 1. The molecule has 0 spiro atoms. The van der Waals surface area contributed by atoms with Gasteiger partial charge in [-0.15, -0.1) is 0 Å². The van der Waals surface area contributed by atoms with Crippen LogP contribution in [0.2, 0.25) is 0 Å². The van der Waals surface area contributed by atoms with Gasteiger partial charge in [0.2, 0.25) is 0 Å². The number of halogens is 1. The third-order valence-electron chi connectivity index (χ3n) is 6.00. The van der Waals surface area contributed by atoms with Gasteiger partial charge >= 0.3 is 0 Å². The van der Waals surface area contributed by atoms with Crippen LogP contribution in [0.1, 0.15) is 46.1 Å². The van der Waals surface area contributed by atoms with E-state index in [0.29, 0.717) is 25.0 Å². The highest BCUT2D eigenvalue weighted by Gasteiger charge is 2.47. The summed E-state index contributed by atoms with van der Waals surface area (Å²) in [5.41, 5.74) is 1.53. The van der Waals surface area contributed by atoms with Crippen molar-refractivity contribution >= 4 is 0 Å². The van der Waals surface area contributed by atoms with Crippen molar-refractivity contribution < 1.29 is 26.4 Å². The summed E-state index contributed by atoms with van der Waals surface area (Å²) in [5, 5.41) is 0. The molecule has 0 unspecified atom stereocenters. The van der Waals surface area contributed by atoms with Crippen LogP contribution in [0, 0.1) is 11.8 Å². The van der Waals surface area contributed by atoms with Crippen LogP contribution in [-0.4, -0.2) is 44.9 Å². The first-order valence-corrected chi connectivity index (χ1v) is 11.4. The topological polar surface area (TPSA) is 18.5 Å². The Morgan fingerprint density at radius 1 is 0.742 bits per heavy atom. The number of rotatable bonds is 13. The molecule has 3 nitrogen and oxygen atoms in total. The Hall–Kier alpha value is -1.55. The predicted octanol–water partition coefficient (Wildman–Crippen LogP) is 3.15. The van der Waals surface area contributed by atoms with Crippen LogP contribution in [0.3, 0.4) is 0 Å². The third kappa shape index (κ3) is 8.14. The lowest BCUT2D eigenvalue weighted by Crippen LogP contribution is -3.00. The fourth-order valence-electron chi connectivity index (χ4n) is 4.61. The first-order chi connectivity index (χ1) is 14.3. The Bertz CT molecular complexity index is 707. The lowest BCUT2D eigenvalue weighted by atomic mass is 9.74. The molecule has 0 radical (unpaired) electrons. The van der Waals surface area contributed by atoms with Crippen molar-refractivity contribution in [2.45, 2.75) is 46.1 Å². The molecule has 0 aliphatic rings. The fourth-order valence-corrected chi connectivity index (χ4v) is 4.61. The van der Waals surface area contributed by atoms with E-state index in [1.165, 1.54) is 18.4 Å². The zero-order valence-electron chi connectivity index (χ0n) is 20.3. The van der Waals surface area contributed by atoms with Gasteiger partial charge in [-0.1, -0.05) is 76.2 Å². The number of para-hydroxylation sites is 1.